The first kappa shape index (κ1) is 21.6. The fourth-order valence-corrected chi connectivity index (χ4v) is 4.59. The van der Waals surface area contributed by atoms with E-state index in [9.17, 15) is 9.59 Å². The summed E-state index contributed by atoms with van der Waals surface area (Å²) in [7, 11) is 2.05. The van der Waals surface area contributed by atoms with Crippen LogP contribution >= 0.6 is 23.2 Å². The number of ether oxygens (including phenoxy) is 1. The predicted octanol–water partition coefficient (Wildman–Crippen LogP) is 1.65. The maximum Gasteiger partial charge on any atom is 0.277 e. The highest BCUT2D eigenvalue weighted by Gasteiger charge is 2.42. The zero-order valence-electron chi connectivity index (χ0n) is 17.1. The number of imide groups is 1. The Morgan fingerprint density at radius 1 is 0.933 bits per heavy atom. The Labute approximate surface area is 186 Å². The second-order valence-corrected chi connectivity index (χ2v) is 8.70. The molecule has 0 spiro atoms. The van der Waals surface area contributed by atoms with Crippen LogP contribution in [0.25, 0.3) is 5.57 Å². The van der Waals surface area contributed by atoms with Gasteiger partial charge in [-0.15, -0.1) is 0 Å². The van der Waals surface area contributed by atoms with Crippen LogP contribution in [0.5, 0.6) is 0 Å². The first-order valence-corrected chi connectivity index (χ1v) is 11.0. The average molecular weight is 453 g/mol. The Morgan fingerprint density at radius 2 is 1.63 bits per heavy atom. The van der Waals surface area contributed by atoms with E-state index in [4.69, 9.17) is 27.9 Å². The van der Waals surface area contributed by atoms with E-state index in [1.165, 1.54) is 4.90 Å². The van der Waals surface area contributed by atoms with Crippen molar-refractivity contribution in [2.45, 2.75) is 0 Å². The van der Waals surface area contributed by atoms with Crippen LogP contribution in [0.4, 0.5) is 0 Å². The molecule has 2 fully saturated rings. The van der Waals surface area contributed by atoms with Crippen molar-refractivity contribution in [3.8, 4) is 0 Å². The SMILES string of the molecule is CN1CCN(C2=C(c3ccc(Cl)cc3Cl)C(=O)N(CCN3CCOCC3)C2=O)CC1. The standard InChI is InChI=1S/C21H26Cl2N4O3/c1-24-4-7-26(8-5-24)19-18(16-3-2-15(22)14-17(16)23)20(28)27(21(19)29)9-6-25-10-12-30-13-11-25/h2-3,14H,4-13H2,1H3. The van der Waals surface area contributed by atoms with Crippen molar-refractivity contribution in [1.29, 1.82) is 0 Å². The number of morpholine rings is 1. The van der Waals surface area contributed by atoms with Crippen molar-refractivity contribution >= 4 is 40.6 Å². The number of carbonyl (C=O) groups is 2. The van der Waals surface area contributed by atoms with Gasteiger partial charge in [0.1, 0.15) is 5.70 Å². The Kier molecular flexibility index (Phi) is 6.65. The first-order valence-electron chi connectivity index (χ1n) is 10.2. The van der Waals surface area contributed by atoms with E-state index in [0.717, 1.165) is 26.2 Å². The minimum atomic E-state index is -0.286. The van der Waals surface area contributed by atoms with Gasteiger partial charge in [0, 0.05) is 62.9 Å². The first-order chi connectivity index (χ1) is 14.5. The molecule has 3 aliphatic heterocycles. The molecule has 2 amide bonds. The number of carbonyl (C=O) groups excluding carboxylic acids is 2. The highest BCUT2D eigenvalue weighted by molar-refractivity contribution is 6.41. The highest BCUT2D eigenvalue weighted by atomic mass is 35.5. The summed E-state index contributed by atoms with van der Waals surface area (Å²) >= 11 is 12.5. The number of hydrogen-bond acceptors (Lipinski definition) is 6. The van der Waals surface area contributed by atoms with Crippen LogP contribution in [-0.4, -0.2) is 104 Å². The minimum absolute atomic E-state index is 0.237. The second kappa shape index (κ2) is 9.24. The van der Waals surface area contributed by atoms with Crippen molar-refractivity contribution in [2.24, 2.45) is 0 Å². The molecule has 2 saturated heterocycles. The molecule has 30 heavy (non-hydrogen) atoms. The quantitative estimate of drug-likeness (QED) is 0.633. The molecule has 162 valence electrons. The number of amides is 2. The minimum Gasteiger partial charge on any atom is -0.379 e. The van der Waals surface area contributed by atoms with Crippen molar-refractivity contribution in [1.82, 2.24) is 19.6 Å². The Morgan fingerprint density at radius 3 is 2.30 bits per heavy atom. The third-order valence-electron chi connectivity index (χ3n) is 5.91. The molecule has 1 aromatic rings. The lowest BCUT2D eigenvalue weighted by atomic mass is 10.0. The van der Waals surface area contributed by atoms with Crippen LogP contribution in [0.2, 0.25) is 10.0 Å². The van der Waals surface area contributed by atoms with Crippen LogP contribution in [0, 0.1) is 0 Å². The molecule has 3 heterocycles. The summed E-state index contributed by atoms with van der Waals surface area (Å²) in [5, 5.41) is 0.867. The number of hydrogen-bond donors (Lipinski definition) is 0. The summed E-state index contributed by atoms with van der Waals surface area (Å²) < 4.78 is 5.38. The number of piperazine rings is 1. The maximum atomic E-state index is 13.4. The second-order valence-electron chi connectivity index (χ2n) is 7.85. The third-order valence-corrected chi connectivity index (χ3v) is 6.45. The van der Waals surface area contributed by atoms with E-state index >= 15 is 0 Å². The van der Waals surface area contributed by atoms with Crippen molar-refractivity contribution in [3.05, 3.63) is 39.5 Å². The number of rotatable bonds is 5. The molecule has 3 aliphatic rings. The molecule has 0 aliphatic carbocycles. The Bertz CT molecular complexity index is 862. The zero-order valence-corrected chi connectivity index (χ0v) is 18.6. The summed E-state index contributed by atoms with van der Waals surface area (Å²) in [6.07, 6.45) is 0. The molecule has 0 N–H and O–H groups in total. The van der Waals surface area contributed by atoms with Gasteiger partial charge in [0.05, 0.1) is 23.8 Å². The molecule has 9 heteroatoms. The topological polar surface area (TPSA) is 56.3 Å². The van der Waals surface area contributed by atoms with Gasteiger partial charge >= 0.3 is 0 Å². The van der Waals surface area contributed by atoms with Crippen LogP contribution in [-0.2, 0) is 14.3 Å². The monoisotopic (exact) mass is 452 g/mol. The number of nitrogens with zero attached hydrogens (tertiary/aromatic N) is 4. The molecule has 1 aromatic carbocycles. The molecule has 0 atom stereocenters. The molecule has 0 radical (unpaired) electrons. The molecule has 4 rings (SSSR count). The summed E-state index contributed by atoms with van der Waals surface area (Å²) in [5.41, 5.74) is 1.40. The van der Waals surface area contributed by atoms with Crippen molar-refractivity contribution in [3.63, 3.8) is 0 Å². The van der Waals surface area contributed by atoms with Gasteiger partial charge in [-0.1, -0.05) is 29.3 Å². The summed E-state index contributed by atoms with van der Waals surface area (Å²) in [5.74, 6) is -0.523. The Balaban J connectivity index is 1.63. The lowest BCUT2D eigenvalue weighted by molar-refractivity contribution is -0.138. The van der Waals surface area contributed by atoms with E-state index in [-0.39, 0.29) is 11.8 Å². The van der Waals surface area contributed by atoms with Crippen LogP contribution in [0.1, 0.15) is 5.56 Å². The smallest absolute Gasteiger partial charge is 0.277 e. The summed E-state index contributed by atoms with van der Waals surface area (Å²) in [6, 6.07) is 5.04. The van der Waals surface area contributed by atoms with Gasteiger partial charge in [-0.2, -0.15) is 0 Å². The van der Waals surface area contributed by atoms with Gasteiger partial charge in [0.15, 0.2) is 0 Å². The van der Waals surface area contributed by atoms with Crippen molar-refractivity contribution in [2.75, 3.05) is 72.6 Å². The van der Waals surface area contributed by atoms with E-state index < -0.39 is 0 Å². The molecule has 7 nitrogen and oxygen atoms in total. The lowest BCUT2D eigenvalue weighted by Crippen LogP contribution is -2.47. The number of benzene rings is 1. The molecular weight excluding hydrogens is 427 g/mol. The van der Waals surface area contributed by atoms with Crippen LogP contribution in [0.3, 0.4) is 0 Å². The fourth-order valence-electron chi connectivity index (χ4n) is 4.09. The number of halogens is 2. The summed E-state index contributed by atoms with van der Waals surface area (Å²) in [4.78, 5) is 34.6. The van der Waals surface area contributed by atoms with Crippen LogP contribution < -0.4 is 0 Å². The fraction of sp³-hybridized carbons (Fsp3) is 0.524. The predicted molar refractivity (Wildman–Crippen MR) is 116 cm³/mol. The molecular formula is C21H26Cl2N4O3. The average Bonchev–Trinajstić information content (AvgIpc) is 2.98. The van der Waals surface area contributed by atoms with Crippen molar-refractivity contribution < 1.29 is 14.3 Å². The van der Waals surface area contributed by atoms with Gasteiger partial charge in [-0.05, 0) is 19.2 Å². The molecule has 0 aromatic heterocycles. The van der Waals surface area contributed by atoms with Gasteiger partial charge < -0.3 is 14.5 Å². The largest absolute Gasteiger partial charge is 0.379 e. The van der Waals surface area contributed by atoms with E-state index in [2.05, 4.69) is 16.8 Å². The van der Waals surface area contributed by atoms with Gasteiger partial charge in [-0.25, -0.2) is 0 Å². The highest BCUT2D eigenvalue weighted by Crippen LogP contribution is 2.36. The third kappa shape index (κ3) is 4.36. The van der Waals surface area contributed by atoms with Crippen LogP contribution in [0.15, 0.2) is 23.9 Å². The van der Waals surface area contributed by atoms with E-state index in [0.29, 0.717) is 66.3 Å². The van der Waals surface area contributed by atoms with Gasteiger partial charge in [0.25, 0.3) is 11.8 Å². The van der Waals surface area contributed by atoms with Gasteiger partial charge in [0.2, 0.25) is 0 Å². The molecule has 0 saturated carbocycles. The number of likely N-dealkylation sites (N-methyl/N-ethyl adjacent to an activating group) is 1. The lowest BCUT2D eigenvalue weighted by Gasteiger charge is -2.34. The van der Waals surface area contributed by atoms with E-state index in [1.807, 2.05) is 4.90 Å². The molecule has 0 unspecified atom stereocenters. The Hall–Kier alpha value is -1.64. The summed E-state index contributed by atoms with van der Waals surface area (Å²) in [6.45, 7) is 7.02. The molecule has 0 bridgehead atoms. The zero-order chi connectivity index (χ0) is 21.3. The van der Waals surface area contributed by atoms with Gasteiger partial charge in [-0.3, -0.25) is 19.4 Å². The normalized spacial score (nSPS) is 21.8. The van der Waals surface area contributed by atoms with E-state index in [1.54, 1.807) is 18.2 Å². The maximum absolute atomic E-state index is 13.4.